The van der Waals surface area contributed by atoms with Crippen LogP contribution < -0.4 is 0 Å². The van der Waals surface area contributed by atoms with E-state index in [1.54, 1.807) is 0 Å². The fourth-order valence-electron chi connectivity index (χ4n) is 1.47. The van der Waals surface area contributed by atoms with Gasteiger partial charge in [-0.05, 0) is 5.56 Å². The molecule has 1 atom stereocenters. The van der Waals surface area contributed by atoms with Crippen molar-refractivity contribution >= 4 is 16.1 Å². The molecule has 0 saturated heterocycles. The summed E-state index contributed by atoms with van der Waals surface area (Å²) in [6.45, 7) is 1.29. The lowest BCUT2D eigenvalue weighted by Gasteiger charge is -2.17. The smallest absolute Gasteiger partial charge is 0.303 e. The molecule has 0 fully saturated rings. The number of hydrogen-bond donors (Lipinski definition) is 0. The van der Waals surface area contributed by atoms with Crippen LogP contribution in [0.2, 0.25) is 0 Å². The molecule has 0 radical (unpaired) electrons. The summed E-state index contributed by atoms with van der Waals surface area (Å²) in [7, 11) is -3.47. The van der Waals surface area contributed by atoms with E-state index < -0.39 is 22.2 Å². The average molecular weight is 272 g/mol. The number of hydrogen-bond acceptors (Lipinski definition) is 5. The van der Waals surface area contributed by atoms with Crippen LogP contribution in [0.1, 0.15) is 25.0 Å². The van der Waals surface area contributed by atoms with Crippen molar-refractivity contribution in [2.24, 2.45) is 0 Å². The van der Waals surface area contributed by atoms with Gasteiger partial charge >= 0.3 is 5.97 Å². The zero-order valence-corrected chi connectivity index (χ0v) is 11.1. The summed E-state index contributed by atoms with van der Waals surface area (Å²) >= 11 is 0. The molecule has 1 aromatic carbocycles. The lowest BCUT2D eigenvalue weighted by molar-refractivity contribution is -0.147. The van der Waals surface area contributed by atoms with Crippen LogP contribution in [-0.2, 0) is 23.8 Å². The van der Waals surface area contributed by atoms with Crippen LogP contribution in [0.3, 0.4) is 0 Å². The van der Waals surface area contributed by atoms with Crippen molar-refractivity contribution in [2.45, 2.75) is 19.4 Å². The summed E-state index contributed by atoms with van der Waals surface area (Å²) in [5, 5.41) is 0. The average Bonchev–Trinajstić information content (AvgIpc) is 2.27. The van der Waals surface area contributed by atoms with Gasteiger partial charge in [0.05, 0.1) is 12.9 Å². The topological polar surface area (TPSA) is 69.7 Å². The Balaban J connectivity index is 2.65. The second-order valence-corrected chi connectivity index (χ2v) is 5.47. The first-order valence-electron chi connectivity index (χ1n) is 5.45. The van der Waals surface area contributed by atoms with Gasteiger partial charge in [-0.25, -0.2) is 0 Å². The maximum Gasteiger partial charge on any atom is 0.303 e. The van der Waals surface area contributed by atoms with Crippen LogP contribution in [0.15, 0.2) is 30.3 Å². The van der Waals surface area contributed by atoms with E-state index in [0.29, 0.717) is 0 Å². The Morgan fingerprint density at radius 2 is 1.89 bits per heavy atom. The Kier molecular flexibility index (Phi) is 5.30. The van der Waals surface area contributed by atoms with E-state index in [0.717, 1.165) is 11.8 Å². The molecular formula is C12H16O5S. The van der Waals surface area contributed by atoms with Crippen molar-refractivity contribution in [3.63, 3.8) is 0 Å². The van der Waals surface area contributed by atoms with Gasteiger partial charge < -0.3 is 4.74 Å². The number of benzene rings is 1. The minimum absolute atomic E-state index is 0.0221. The van der Waals surface area contributed by atoms with Crippen LogP contribution in [0.25, 0.3) is 0 Å². The second-order valence-electron chi connectivity index (χ2n) is 3.82. The molecule has 0 heterocycles. The van der Waals surface area contributed by atoms with Crippen LogP contribution in [0.4, 0.5) is 0 Å². The van der Waals surface area contributed by atoms with Crippen LogP contribution in [0, 0.1) is 0 Å². The van der Waals surface area contributed by atoms with E-state index >= 15 is 0 Å². The number of esters is 1. The predicted octanol–water partition coefficient (Wildman–Crippen LogP) is 1.66. The van der Waals surface area contributed by atoms with E-state index in [4.69, 9.17) is 4.74 Å². The van der Waals surface area contributed by atoms with Crippen molar-refractivity contribution in [1.29, 1.82) is 0 Å². The van der Waals surface area contributed by atoms with E-state index in [-0.39, 0.29) is 13.0 Å². The van der Waals surface area contributed by atoms with Crippen molar-refractivity contribution < 1.29 is 22.1 Å². The number of ether oxygens (including phenoxy) is 1. The summed E-state index contributed by atoms with van der Waals surface area (Å²) in [6, 6.07) is 9.12. The van der Waals surface area contributed by atoms with Crippen molar-refractivity contribution in [1.82, 2.24) is 0 Å². The normalized spacial score (nSPS) is 13.0. The molecule has 0 N–H and O–H groups in total. The summed E-state index contributed by atoms with van der Waals surface area (Å²) in [4.78, 5) is 11.0. The third-order valence-electron chi connectivity index (χ3n) is 2.16. The van der Waals surface area contributed by atoms with Crippen molar-refractivity contribution in [3.05, 3.63) is 35.9 Å². The predicted molar refractivity (Wildman–Crippen MR) is 66.4 cm³/mol. The second kappa shape index (κ2) is 6.51. The monoisotopic (exact) mass is 272 g/mol. The van der Waals surface area contributed by atoms with Gasteiger partial charge in [0.15, 0.2) is 0 Å². The van der Waals surface area contributed by atoms with Gasteiger partial charge in [0.1, 0.15) is 6.10 Å². The van der Waals surface area contributed by atoms with E-state index in [9.17, 15) is 13.2 Å². The van der Waals surface area contributed by atoms with Gasteiger partial charge in [-0.1, -0.05) is 30.3 Å². The van der Waals surface area contributed by atoms with Crippen LogP contribution in [0.5, 0.6) is 0 Å². The summed E-state index contributed by atoms with van der Waals surface area (Å²) in [6.07, 6.45) is 0.776. The fraction of sp³-hybridized carbons (Fsp3) is 0.417. The Morgan fingerprint density at radius 3 is 2.39 bits per heavy atom. The minimum atomic E-state index is -3.47. The van der Waals surface area contributed by atoms with Crippen LogP contribution >= 0.6 is 0 Å². The Bertz CT molecular complexity index is 480. The summed E-state index contributed by atoms with van der Waals surface area (Å²) in [5.74, 6) is -0.414. The molecule has 100 valence electrons. The van der Waals surface area contributed by atoms with Gasteiger partial charge in [-0.3, -0.25) is 8.98 Å². The summed E-state index contributed by atoms with van der Waals surface area (Å²) in [5.41, 5.74) is 0.810. The molecule has 0 bridgehead atoms. The first-order valence-corrected chi connectivity index (χ1v) is 7.26. The Hall–Kier alpha value is -1.40. The molecule has 1 aromatic rings. The highest BCUT2D eigenvalue weighted by Crippen LogP contribution is 2.21. The van der Waals surface area contributed by atoms with Gasteiger partial charge in [-0.15, -0.1) is 0 Å². The molecule has 0 amide bonds. The highest BCUT2D eigenvalue weighted by Gasteiger charge is 2.15. The van der Waals surface area contributed by atoms with E-state index in [2.05, 4.69) is 4.18 Å². The third kappa shape index (κ3) is 5.79. The standard InChI is InChI=1S/C12H16O5S/c1-10(13)17-12(8-9-16-18(2,14)15)11-6-4-3-5-7-11/h3-7,12H,8-9H2,1-2H3. The highest BCUT2D eigenvalue weighted by atomic mass is 32.2. The molecule has 1 unspecified atom stereocenters. The largest absolute Gasteiger partial charge is 0.458 e. The molecule has 1 rings (SSSR count). The maximum absolute atomic E-state index is 11.0. The van der Waals surface area contributed by atoms with Crippen LogP contribution in [-0.4, -0.2) is 27.2 Å². The van der Waals surface area contributed by atoms with Gasteiger partial charge in [0.25, 0.3) is 10.1 Å². The molecule has 6 heteroatoms. The first-order chi connectivity index (χ1) is 8.38. The highest BCUT2D eigenvalue weighted by molar-refractivity contribution is 7.85. The minimum Gasteiger partial charge on any atom is -0.458 e. The van der Waals surface area contributed by atoms with Crippen molar-refractivity contribution in [2.75, 3.05) is 12.9 Å². The molecule has 0 aliphatic rings. The first kappa shape index (κ1) is 14.7. The van der Waals surface area contributed by atoms with E-state index in [1.807, 2.05) is 30.3 Å². The Labute approximate surface area is 107 Å². The molecule has 0 spiro atoms. The van der Waals surface area contributed by atoms with Gasteiger partial charge in [-0.2, -0.15) is 8.42 Å². The zero-order valence-electron chi connectivity index (χ0n) is 10.3. The lowest BCUT2D eigenvalue weighted by atomic mass is 10.1. The van der Waals surface area contributed by atoms with Crippen molar-refractivity contribution in [3.8, 4) is 0 Å². The molecule has 0 aromatic heterocycles. The quantitative estimate of drug-likeness (QED) is 0.582. The fourth-order valence-corrected chi connectivity index (χ4v) is 1.87. The molecule has 0 aliphatic carbocycles. The molecule has 0 aliphatic heterocycles. The molecular weight excluding hydrogens is 256 g/mol. The maximum atomic E-state index is 11.0. The zero-order chi connectivity index (χ0) is 13.6. The number of rotatable bonds is 6. The van der Waals surface area contributed by atoms with Gasteiger partial charge in [0.2, 0.25) is 0 Å². The lowest BCUT2D eigenvalue weighted by Crippen LogP contribution is -2.13. The third-order valence-corrected chi connectivity index (χ3v) is 2.75. The molecule has 18 heavy (non-hydrogen) atoms. The van der Waals surface area contributed by atoms with E-state index in [1.165, 1.54) is 6.92 Å². The Morgan fingerprint density at radius 1 is 1.28 bits per heavy atom. The molecule has 0 saturated carbocycles. The summed E-state index contributed by atoms with van der Waals surface area (Å²) < 4.78 is 31.5. The molecule has 5 nitrogen and oxygen atoms in total. The SMILES string of the molecule is CC(=O)OC(CCOS(C)(=O)=O)c1ccccc1. The number of carbonyl (C=O) groups excluding carboxylic acids is 1. The van der Waals surface area contributed by atoms with Gasteiger partial charge in [0, 0.05) is 13.3 Å². The number of carbonyl (C=O) groups is 1.